The van der Waals surface area contributed by atoms with Gasteiger partial charge in [-0.1, -0.05) is 17.7 Å². The van der Waals surface area contributed by atoms with Gasteiger partial charge in [-0.25, -0.2) is 0 Å². The van der Waals surface area contributed by atoms with E-state index in [1.807, 2.05) is 0 Å². The second-order valence-electron chi connectivity index (χ2n) is 9.72. The van der Waals surface area contributed by atoms with Crippen molar-refractivity contribution in [2.75, 3.05) is 0 Å². The lowest BCUT2D eigenvalue weighted by atomic mass is 9.84. The van der Waals surface area contributed by atoms with E-state index >= 15 is 0 Å². The summed E-state index contributed by atoms with van der Waals surface area (Å²) in [5, 5.41) is 0. The Bertz CT molecular complexity index is 795. The minimum Gasteiger partial charge on any atom is -0.355 e. The highest BCUT2D eigenvalue weighted by Crippen LogP contribution is 2.56. The van der Waals surface area contributed by atoms with Gasteiger partial charge in [-0.05, 0) is 67.0 Å². The fourth-order valence-corrected chi connectivity index (χ4v) is 3.28. The first-order chi connectivity index (χ1) is 13.8. The first-order valence-corrected chi connectivity index (χ1v) is 9.50. The van der Waals surface area contributed by atoms with Crippen molar-refractivity contribution in [2.45, 2.75) is 96.3 Å². The maximum absolute atomic E-state index is 14.1. The molecule has 0 fully saturated rings. The number of hydrogen-bond donors (Lipinski definition) is 0. The van der Waals surface area contributed by atoms with Crippen molar-refractivity contribution in [3.8, 4) is 0 Å². The monoisotopic (exact) mass is 482 g/mol. The van der Waals surface area contributed by atoms with E-state index in [1.54, 1.807) is 0 Å². The SMILES string of the molecule is Cc1cc(C(C)(OC(C)(C)C)C(F)(F)F)cc(C(OC(C)(C)C)(C(F)(F)F)C(F)(F)F)c1. The maximum atomic E-state index is 14.1. The van der Waals surface area contributed by atoms with Crippen LogP contribution in [0.15, 0.2) is 18.2 Å². The van der Waals surface area contributed by atoms with Crippen LogP contribution in [0, 0.1) is 6.92 Å². The number of hydrogen-bond acceptors (Lipinski definition) is 2. The van der Waals surface area contributed by atoms with Crippen LogP contribution in [0.25, 0.3) is 0 Å². The Kier molecular flexibility index (Phi) is 7.20. The molecule has 32 heavy (non-hydrogen) atoms. The second kappa shape index (κ2) is 8.07. The largest absolute Gasteiger partial charge is 0.430 e. The van der Waals surface area contributed by atoms with Gasteiger partial charge in [-0.15, -0.1) is 0 Å². The molecule has 11 heteroatoms. The average Bonchev–Trinajstić information content (AvgIpc) is 2.45. The van der Waals surface area contributed by atoms with Gasteiger partial charge in [0.15, 0.2) is 5.60 Å². The third kappa shape index (κ3) is 5.70. The van der Waals surface area contributed by atoms with Crippen LogP contribution in [0.2, 0.25) is 0 Å². The lowest BCUT2D eigenvalue weighted by Gasteiger charge is -2.43. The fourth-order valence-electron chi connectivity index (χ4n) is 3.28. The molecule has 0 spiro atoms. The number of benzene rings is 1. The minimum atomic E-state index is -6.04. The molecule has 0 aliphatic heterocycles. The topological polar surface area (TPSA) is 18.5 Å². The van der Waals surface area contributed by atoms with Gasteiger partial charge < -0.3 is 9.47 Å². The Hall–Kier alpha value is -1.49. The molecule has 0 aliphatic carbocycles. The summed E-state index contributed by atoms with van der Waals surface area (Å²) >= 11 is 0. The highest BCUT2D eigenvalue weighted by molar-refractivity contribution is 5.39. The summed E-state index contributed by atoms with van der Waals surface area (Å²) < 4.78 is 136. The van der Waals surface area contributed by atoms with Gasteiger partial charge in [0.25, 0.3) is 5.60 Å². The van der Waals surface area contributed by atoms with Crippen LogP contribution in [0.3, 0.4) is 0 Å². The first kappa shape index (κ1) is 28.5. The number of alkyl halides is 9. The molecule has 0 amide bonds. The van der Waals surface area contributed by atoms with Crippen LogP contribution >= 0.6 is 0 Å². The molecule has 2 nitrogen and oxygen atoms in total. The third-order valence-electron chi connectivity index (χ3n) is 4.34. The van der Waals surface area contributed by atoms with Crippen LogP contribution in [0.1, 0.15) is 65.2 Å². The first-order valence-electron chi connectivity index (χ1n) is 9.50. The molecule has 1 rings (SSSR count). The van der Waals surface area contributed by atoms with Gasteiger partial charge in [0, 0.05) is 5.56 Å². The fraction of sp³-hybridized carbons (Fsp3) is 0.714. The quantitative estimate of drug-likeness (QED) is 0.409. The lowest BCUT2D eigenvalue weighted by molar-refractivity contribution is -0.407. The van der Waals surface area contributed by atoms with Gasteiger partial charge in [0.2, 0.25) is 0 Å². The van der Waals surface area contributed by atoms with E-state index in [1.165, 1.54) is 20.8 Å². The van der Waals surface area contributed by atoms with Crippen LogP contribution in [0.5, 0.6) is 0 Å². The Morgan fingerprint density at radius 2 is 0.906 bits per heavy atom. The predicted molar refractivity (Wildman–Crippen MR) is 100 cm³/mol. The van der Waals surface area contributed by atoms with Crippen LogP contribution in [-0.2, 0) is 20.7 Å². The van der Waals surface area contributed by atoms with Crippen LogP contribution < -0.4 is 0 Å². The van der Waals surface area contributed by atoms with Gasteiger partial charge >= 0.3 is 18.5 Å². The molecular formula is C21H27F9O2. The van der Waals surface area contributed by atoms with Gasteiger partial charge in [-0.2, -0.15) is 39.5 Å². The molecule has 0 bridgehead atoms. The van der Waals surface area contributed by atoms with E-state index < -0.39 is 52.1 Å². The molecule has 0 saturated heterocycles. The summed E-state index contributed by atoms with van der Waals surface area (Å²) in [5.41, 5.74) is -14.1. The van der Waals surface area contributed by atoms with Crippen molar-refractivity contribution in [1.29, 1.82) is 0 Å². The Labute approximate surface area is 181 Å². The van der Waals surface area contributed by atoms with Crippen molar-refractivity contribution in [3.05, 3.63) is 34.9 Å². The maximum Gasteiger partial charge on any atom is 0.430 e. The third-order valence-corrected chi connectivity index (χ3v) is 4.34. The Morgan fingerprint density at radius 3 is 1.22 bits per heavy atom. The average molecular weight is 482 g/mol. The van der Waals surface area contributed by atoms with Crippen molar-refractivity contribution < 1.29 is 49.0 Å². The zero-order valence-corrected chi connectivity index (χ0v) is 19.0. The van der Waals surface area contributed by atoms with Gasteiger partial charge in [0.05, 0.1) is 11.2 Å². The van der Waals surface area contributed by atoms with Gasteiger partial charge in [0.1, 0.15) is 0 Å². The molecule has 1 aromatic rings. The molecule has 1 atom stereocenters. The zero-order chi connectivity index (χ0) is 25.8. The normalized spacial score (nSPS) is 16.8. The highest BCUT2D eigenvalue weighted by atomic mass is 19.4. The summed E-state index contributed by atoms with van der Waals surface area (Å²) in [4.78, 5) is 0. The standard InChI is InChI=1S/C21H27F9O2/c1-12-9-13(17(8,19(22,23)24)31-15(2,3)4)11-14(10-12)18(20(25,26)27,21(28,29)30)32-16(5,6)7/h9-11H,1-8H3. The van der Waals surface area contributed by atoms with E-state index in [0.717, 1.165) is 33.8 Å². The second-order valence-corrected chi connectivity index (χ2v) is 9.72. The molecule has 0 heterocycles. The Balaban J connectivity index is 4.07. The van der Waals surface area contributed by atoms with Crippen molar-refractivity contribution in [1.82, 2.24) is 0 Å². The number of rotatable bonds is 4. The number of ether oxygens (including phenoxy) is 2. The van der Waals surface area contributed by atoms with E-state index in [-0.39, 0.29) is 11.6 Å². The molecule has 1 aromatic carbocycles. The molecular weight excluding hydrogens is 455 g/mol. The molecule has 0 aliphatic rings. The van der Waals surface area contributed by atoms with Crippen molar-refractivity contribution in [3.63, 3.8) is 0 Å². The summed E-state index contributed by atoms with van der Waals surface area (Å²) in [5.74, 6) is 0. The highest BCUT2D eigenvalue weighted by Gasteiger charge is 2.74. The summed E-state index contributed by atoms with van der Waals surface area (Å²) in [7, 11) is 0. The summed E-state index contributed by atoms with van der Waals surface area (Å²) in [6.45, 7) is 8.46. The zero-order valence-electron chi connectivity index (χ0n) is 19.0. The number of halogens is 9. The summed E-state index contributed by atoms with van der Waals surface area (Å²) in [6, 6.07) is 1.57. The molecule has 186 valence electrons. The van der Waals surface area contributed by atoms with Gasteiger partial charge in [-0.3, -0.25) is 0 Å². The molecule has 1 unspecified atom stereocenters. The molecule has 0 radical (unpaired) electrons. The van der Waals surface area contributed by atoms with Crippen LogP contribution in [0.4, 0.5) is 39.5 Å². The molecule has 0 saturated carbocycles. The van der Waals surface area contributed by atoms with Crippen molar-refractivity contribution in [2.24, 2.45) is 0 Å². The van der Waals surface area contributed by atoms with E-state index in [2.05, 4.69) is 4.74 Å². The molecule has 0 N–H and O–H groups in total. The molecule has 0 aromatic heterocycles. The minimum absolute atomic E-state index is 0.207. The smallest absolute Gasteiger partial charge is 0.355 e. The predicted octanol–water partition coefficient (Wildman–Crippen LogP) is 7.72. The van der Waals surface area contributed by atoms with E-state index in [9.17, 15) is 39.5 Å². The van der Waals surface area contributed by atoms with Crippen LogP contribution in [-0.4, -0.2) is 29.7 Å². The lowest BCUT2D eigenvalue weighted by Crippen LogP contribution is -2.59. The Morgan fingerprint density at radius 1 is 0.531 bits per heavy atom. The van der Waals surface area contributed by atoms with Crippen molar-refractivity contribution >= 4 is 0 Å². The number of aryl methyl sites for hydroxylation is 1. The summed E-state index contributed by atoms with van der Waals surface area (Å²) in [6.07, 6.45) is -17.2. The van der Waals surface area contributed by atoms with E-state index in [4.69, 9.17) is 4.74 Å². The van der Waals surface area contributed by atoms with E-state index in [0.29, 0.717) is 13.0 Å².